The van der Waals surface area contributed by atoms with E-state index < -0.39 is 23.6 Å². The van der Waals surface area contributed by atoms with E-state index in [0.717, 1.165) is 6.07 Å². The molecule has 0 saturated carbocycles. The smallest absolute Gasteiger partial charge is 0.380 e. The summed E-state index contributed by atoms with van der Waals surface area (Å²) in [6, 6.07) is 2.14. The molecule has 0 amide bonds. The van der Waals surface area contributed by atoms with Gasteiger partial charge in [-0.1, -0.05) is 12.1 Å². The lowest BCUT2D eigenvalue weighted by Gasteiger charge is -2.16. The molecule has 96 valence electrons. The van der Waals surface area contributed by atoms with E-state index >= 15 is 0 Å². The number of benzene rings is 1. The molecule has 2 nitrogen and oxygen atoms in total. The molecule has 1 aromatic carbocycles. The van der Waals surface area contributed by atoms with E-state index in [-0.39, 0.29) is 12.2 Å². The first-order valence-electron chi connectivity index (χ1n) is 5.06. The van der Waals surface area contributed by atoms with Crippen LogP contribution in [0.5, 0.6) is 0 Å². The molecule has 1 atom stereocenters. The summed E-state index contributed by atoms with van der Waals surface area (Å²) in [5.74, 6) is -1.33. The fraction of sp³-hybridized carbons (Fsp3) is 0.455. The first kappa shape index (κ1) is 13.9. The van der Waals surface area contributed by atoms with Crippen LogP contribution < -0.4 is 5.73 Å². The molecular formula is C11H13F4NO. The molecule has 17 heavy (non-hydrogen) atoms. The number of halogens is 4. The molecule has 0 spiro atoms. The van der Waals surface area contributed by atoms with Gasteiger partial charge in [0.25, 0.3) is 0 Å². The van der Waals surface area contributed by atoms with E-state index in [2.05, 4.69) is 0 Å². The van der Waals surface area contributed by atoms with Gasteiger partial charge in [0.2, 0.25) is 0 Å². The summed E-state index contributed by atoms with van der Waals surface area (Å²) in [7, 11) is 0. The maximum absolute atomic E-state index is 13.6. The molecule has 0 fully saturated rings. The van der Waals surface area contributed by atoms with Crippen LogP contribution in [0.2, 0.25) is 0 Å². The predicted octanol–water partition coefficient (Wildman–Crippen LogP) is 2.88. The van der Waals surface area contributed by atoms with Crippen molar-refractivity contribution >= 4 is 0 Å². The Morgan fingerprint density at radius 1 is 1.35 bits per heavy atom. The second-order valence-corrected chi connectivity index (χ2v) is 3.47. The van der Waals surface area contributed by atoms with E-state index in [9.17, 15) is 17.6 Å². The Hall–Kier alpha value is -1.14. The predicted molar refractivity (Wildman–Crippen MR) is 54.8 cm³/mol. The molecule has 0 aromatic heterocycles. The Morgan fingerprint density at radius 2 is 2.00 bits per heavy atom. The Balaban J connectivity index is 3.02. The van der Waals surface area contributed by atoms with Gasteiger partial charge < -0.3 is 10.5 Å². The topological polar surface area (TPSA) is 35.2 Å². The van der Waals surface area contributed by atoms with E-state index in [0.29, 0.717) is 12.7 Å². The van der Waals surface area contributed by atoms with Gasteiger partial charge in [0.1, 0.15) is 5.82 Å². The molecule has 2 N–H and O–H groups in total. The quantitative estimate of drug-likeness (QED) is 0.835. The fourth-order valence-corrected chi connectivity index (χ4v) is 1.39. The van der Waals surface area contributed by atoms with Crippen LogP contribution >= 0.6 is 0 Å². The van der Waals surface area contributed by atoms with Gasteiger partial charge in [-0.3, -0.25) is 0 Å². The summed E-state index contributed by atoms with van der Waals surface area (Å²) in [5.41, 5.74) is 4.07. The van der Waals surface area contributed by atoms with Crippen molar-refractivity contribution < 1.29 is 22.3 Å². The SMILES string of the molecule is CCOCC(N)c1cccc(C(F)(F)F)c1F. The van der Waals surface area contributed by atoms with Crippen LogP contribution in [-0.2, 0) is 10.9 Å². The summed E-state index contributed by atoms with van der Waals surface area (Å²) in [6.45, 7) is 2.07. The van der Waals surface area contributed by atoms with Gasteiger partial charge in [0, 0.05) is 12.2 Å². The van der Waals surface area contributed by atoms with Crippen molar-refractivity contribution in [2.24, 2.45) is 5.73 Å². The van der Waals surface area contributed by atoms with E-state index in [1.165, 1.54) is 6.07 Å². The number of hydrogen-bond donors (Lipinski definition) is 1. The summed E-state index contributed by atoms with van der Waals surface area (Å²) in [4.78, 5) is 0. The molecule has 6 heteroatoms. The molecular weight excluding hydrogens is 238 g/mol. The highest BCUT2D eigenvalue weighted by atomic mass is 19.4. The van der Waals surface area contributed by atoms with Crippen molar-refractivity contribution in [2.45, 2.75) is 19.1 Å². The first-order valence-corrected chi connectivity index (χ1v) is 5.06. The molecule has 0 radical (unpaired) electrons. The maximum atomic E-state index is 13.6. The zero-order valence-electron chi connectivity index (χ0n) is 9.22. The number of nitrogens with two attached hydrogens (primary N) is 1. The van der Waals surface area contributed by atoms with Gasteiger partial charge in [-0.15, -0.1) is 0 Å². The van der Waals surface area contributed by atoms with Crippen molar-refractivity contribution in [3.8, 4) is 0 Å². The minimum Gasteiger partial charge on any atom is -0.380 e. The highest BCUT2D eigenvalue weighted by Crippen LogP contribution is 2.33. The normalized spacial score (nSPS) is 13.8. The minimum absolute atomic E-state index is 0.0191. The standard InChI is InChI=1S/C11H13F4NO/c1-2-17-6-9(16)7-4-3-5-8(10(7)12)11(13,14)15/h3-5,9H,2,6,16H2,1H3. The van der Waals surface area contributed by atoms with Crippen molar-refractivity contribution in [1.82, 2.24) is 0 Å². The zero-order valence-corrected chi connectivity index (χ0v) is 9.22. The van der Waals surface area contributed by atoms with Crippen LogP contribution in [0.25, 0.3) is 0 Å². The van der Waals surface area contributed by atoms with Gasteiger partial charge in [0.05, 0.1) is 18.2 Å². The Labute approximate surface area is 96.4 Å². The summed E-state index contributed by atoms with van der Waals surface area (Å²) < 4.78 is 55.8. The van der Waals surface area contributed by atoms with E-state index in [1.54, 1.807) is 6.92 Å². The summed E-state index contributed by atoms with van der Waals surface area (Å²) in [5, 5.41) is 0. The first-order chi connectivity index (χ1) is 7.88. The lowest BCUT2D eigenvalue weighted by molar-refractivity contribution is -0.140. The molecule has 1 aromatic rings. The largest absolute Gasteiger partial charge is 0.419 e. The number of rotatable bonds is 4. The Kier molecular flexibility index (Phi) is 4.47. The molecule has 0 aliphatic carbocycles. The van der Waals surface area contributed by atoms with Crippen LogP contribution in [0.1, 0.15) is 24.1 Å². The lowest BCUT2D eigenvalue weighted by atomic mass is 10.0. The van der Waals surface area contributed by atoms with Crippen molar-refractivity contribution in [3.63, 3.8) is 0 Å². The highest BCUT2D eigenvalue weighted by molar-refractivity contribution is 5.30. The average Bonchev–Trinajstić information content (AvgIpc) is 2.24. The third-order valence-corrected chi connectivity index (χ3v) is 2.23. The Bertz CT molecular complexity index is 378. The minimum atomic E-state index is -4.72. The van der Waals surface area contributed by atoms with Gasteiger partial charge in [0.15, 0.2) is 0 Å². The lowest BCUT2D eigenvalue weighted by Crippen LogP contribution is -2.20. The van der Waals surface area contributed by atoms with Crippen molar-refractivity contribution in [2.75, 3.05) is 13.2 Å². The fourth-order valence-electron chi connectivity index (χ4n) is 1.39. The second-order valence-electron chi connectivity index (χ2n) is 3.47. The van der Waals surface area contributed by atoms with Crippen LogP contribution in [0, 0.1) is 5.82 Å². The van der Waals surface area contributed by atoms with Gasteiger partial charge >= 0.3 is 6.18 Å². The van der Waals surface area contributed by atoms with Crippen LogP contribution in [0.15, 0.2) is 18.2 Å². The number of ether oxygens (including phenoxy) is 1. The zero-order chi connectivity index (χ0) is 13.1. The van der Waals surface area contributed by atoms with Crippen LogP contribution in [0.3, 0.4) is 0 Å². The second kappa shape index (κ2) is 5.46. The maximum Gasteiger partial charge on any atom is 0.419 e. The molecule has 0 bridgehead atoms. The van der Waals surface area contributed by atoms with Gasteiger partial charge in [-0.25, -0.2) is 4.39 Å². The van der Waals surface area contributed by atoms with Crippen LogP contribution in [0.4, 0.5) is 17.6 Å². The molecule has 0 aliphatic rings. The number of alkyl halides is 3. The highest BCUT2D eigenvalue weighted by Gasteiger charge is 2.35. The average molecular weight is 251 g/mol. The molecule has 1 unspecified atom stereocenters. The molecule has 0 saturated heterocycles. The van der Waals surface area contributed by atoms with E-state index in [4.69, 9.17) is 10.5 Å². The van der Waals surface area contributed by atoms with Crippen LogP contribution in [-0.4, -0.2) is 13.2 Å². The van der Waals surface area contributed by atoms with Crippen molar-refractivity contribution in [3.05, 3.63) is 35.1 Å². The summed E-state index contributed by atoms with van der Waals surface area (Å²) in [6.07, 6.45) is -4.72. The third kappa shape index (κ3) is 3.41. The van der Waals surface area contributed by atoms with Gasteiger partial charge in [-0.05, 0) is 13.0 Å². The molecule has 0 heterocycles. The van der Waals surface area contributed by atoms with Gasteiger partial charge in [-0.2, -0.15) is 13.2 Å². The monoisotopic (exact) mass is 251 g/mol. The molecule has 0 aliphatic heterocycles. The van der Waals surface area contributed by atoms with E-state index in [1.807, 2.05) is 0 Å². The van der Waals surface area contributed by atoms with Crippen molar-refractivity contribution in [1.29, 1.82) is 0 Å². The number of hydrogen-bond acceptors (Lipinski definition) is 2. The Morgan fingerprint density at radius 3 is 2.53 bits per heavy atom. The molecule has 1 rings (SSSR count). The third-order valence-electron chi connectivity index (χ3n) is 2.23. The summed E-state index contributed by atoms with van der Waals surface area (Å²) >= 11 is 0.